The highest BCUT2D eigenvalue weighted by Crippen LogP contribution is 2.17. The molecule has 1 aliphatic carbocycles. The molecular formula is C30H60O. The highest BCUT2D eigenvalue weighted by molar-refractivity contribution is 4.58. The Morgan fingerprint density at radius 2 is 0.355 bits per heavy atom. The van der Waals surface area contributed by atoms with E-state index in [-0.39, 0.29) is 6.10 Å². The molecule has 0 aromatic carbocycles. The fourth-order valence-corrected chi connectivity index (χ4v) is 5.32. The van der Waals surface area contributed by atoms with Crippen molar-refractivity contribution in [2.45, 2.75) is 192 Å². The first kappa shape index (κ1) is 29.0. The van der Waals surface area contributed by atoms with E-state index in [4.69, 9.17) is 0 Å². The van der Waals surface area contributed by atoms with Gasteiger partial charge in [0, 0.05) is 0 Å². The fourth-order valence-electron chi connectivity index (χ4n) is 5.32. The predicted octanol–water partition coefficient (Wildman–Crippen LogP) is 10.7. The lowest BCUT2D eigenvalue weighted by Gasteiger charge is -2.10. The van der Waals surface area contributed by atoms with Crippen molar-refractivity contribution in [3.8, 4) is 0 Å². The zero-order chi connectivity index (χ0) is 22.1. The highest BCUT2D eigenvalue weighted by atomic mass is 16.3. The SMILES string of the molecule is OC1CCCCCCCCCCCCCCCCCCCCCCCCCCCCC1. The lowest BCUT2D eigenvalue weighted by Crippen LogP contribution is -2.05. The lowest BCUT2D eigenvalue weighted by atomic mass is 10.0. The molecule has 0 atom stereocenters. The molecule has 1 nitrogen and oxygen atoms in total. The maximum absolute atomic E-state index is 10.2. The van der Waals surface area contributed by atoms with Crippen LogP contribution < -0.4 is 0 Å². The molecule has 0 bridgehead atoms. The molecule has 1 fully saturated rings. The molecule has 0 spiro atoms. The molecule has 0 amide bonds. The van der Waals surface area contributed by atoms with Crippen molar-refractivity contribution in [1.29, 1.82) is 0 Å². The first-order valence-electron chi connectivity index (χ1n) is 15.1. The summed E-state index contributed by atoms with van der Waals surface area (Å²) >= 11 is 0. The van der Waals surface area contributed by atoms with Crippen LogP contribution >= 0.6 is 0 Å². The van der Waals surface area contributed by atoms with Gasteiger partial charge in [0.05, 0.1) is 6.10 Å². The maximum atomic E-state index is 10.2. The summed E-state index contributed by atoms with van der Waals surface area (Å²) in [7, 11) is 0. The van der Waals surface area contributed by atoms with E-state index < -0.39 is 0 Å². The minimum absolute atomic E-state index is 0.0275. The molecule has 0 heterocycles. The molecule has 1 heteroatoms. The number of aliphatic hydroxyl groups is 1. The fraction of sp³-hybridized carbons (Fsp3) is 1.00. The Bertz CT molecular complexity index is 296. The molecule has 0 aliphatic heterocycles. The smallest absolute Gasteiger partial charge is 0.0540 e. The third kappa shape index (κ3) is 22.9. The number of aliphatic hydroxyl groups excluding tert-OH is 1. The molecular weight excluding hydrogens is 376 g/mol. The first-order valence-corrected chi connectivity index (χ1v) is 15.1. The Balaban J connectivity index is 2.06. The Morgan fingerprint density at radius 1 is 0.226 bits per heavy atom. The predicted molar refractivity (Wildman–Crippen MR) is 140 cm³/mol. The third-order valence-electron chi connectivity index (χ3n) is 7.57. The average molecular weight is 437 g/mol. The van der Waals surface area contributed by atoms with Gasteiger partial charge in [0.1, 0.15) is 0 Å². The van der Waals surface area contributed by atoms with E-state index in [2.05, 4.69) is 0 Å². The van der Waals surface area contributed by atoms with Crippen LogP contribution in [-0.4, -0.2) is 11.2 Å². The van der Waals surface area contributed by atoms with Crippen molar-refractivity contribution in [2.24, 2.45) is 0 Å². The maximum Gasteiger partial charge on any atom is 0.0540 e. The van der Waals surface area contributed by atoms with Gasteiger partial charge in [0.2, 0.25) is 0 Å². The second-order valence-electron chi connectivity index (χ2n) is 10.8. The van der Waals surface area contributed by atoms with E-state index >= 15 is 0 Å². The topological polar surface area (TPSA) is 20.2 Å². The quantitative estimate of drug-likeness (QED) is 0.400. The number of hydrogen-bond donors (Lipinski definition) is 1. The van der Waals surface area contributed by atoms with Gasteiger partial charge in [0.25, 0.3) is 0 Å². The molecule has 1 aliphatic rings. The van der Waals surface area contributed by atoms with E-state index in [0.717, 1.165) is 12.8 Å². The highest BCUT2D eigenvalue weighted by Gasteiger charge is 2.04. The summed E-state index contributed by atoms with van der Waals surface area (Å²) < 4.78 is 0. The van der Waals surface area contributed by atoms with Crippen molar-refractivity contribution >= 4 is 0 Å². The van der Waals surface area contributed by atoms with E-state index in [0.29, 0.717) is 0 Å². The van der Waals surface area contributed by atoms with Crippen molar-refractivity contribution in [1.82, 2.24) is 0 Å². The molecule has 186 valence electrons. The molecule has 0 aromatic rings. The second kappa shape index (κ2) is 24.6. The molecule has 31 heavy (non-hydrogen) atoms. The van der Waals surface area contributed by atoms with Crippen molar-refractivity contribution in [2.75, 3.05) is 0 Å². The largest absolute Gasteiger partial charge is 0.393 e. The monoisotopic (exact) mass is 436 g/mol. The normalized spacial score (nSPS) is 24.3. The van der Waals surface area contributed by atoms with Crippen LogP contribution in [-0.2, 0) is 0 Å². The summed E-state index contributed by atoms with van der Waals surface area (Å²) in [5.41, 5.74) is 0. The minimum Gasteiger partial charge on any atom is -0.393 e. The van der Waals surface area contributed by atoms with Crippen LogP contribution in [0.15, 0.2) is 0 Å². The van der Waals surface area contributed by atoms with E-state index in [1.807, 2.05) is 0 Å². The summed E-state index contributed by atoms with van der Waals surface area (Å²) in [5.74, 6) is 0. The van der Waals surface area contributed by atoms with Gasteiger partial charge in [-0.25, -0.2) is 0 Å². The molecule has 1 rings (SSSR count). The Morgan fingerprint density at radius 3 is 0.516 bits per heavy atom. The van der Waals surface area contributed by atoms with Gasteiger partial charge in [-0.3, -0.25) is 0 Å². The molecule has 0 aromatic heterocycles. The summed E-state index contributed by atoms with van der Waals surface area (Å²) in [6.45, 7) is 0. The summed E-state index contributed by atoms with van der Waals surface area (Å²) in [4.78, 5) is 0. The van der Waals surface area contributed by atoms with Gasteiger partial charge in [0.15, 0.2) is 0 Å². The van der Waals surface area contributed by atoms with Crippen molar-refractivity contribution < 1.29 is 5.11 Å². The van der Waals surface area contributed by atoms with E-state index in [1.165, 1.54) is 173 Å². The summed E-state index contributed by atoms with van der Waals surface area (Å²) in [6, 6.07) is 0. The van der Waals surface area contributed by atoms with Crippen LogP contribution in [0.3, 0.4) is 0 Å². The van der Waals surface area contributed by atoms with Gasteiger partial charge in [-0.05, 0) is 12.8 Å². The summed E-state index contributed by atoms with van der Waals surface area (Å²) in [6.07, 6.45) is 40.6. The molecule has 1 N–H and O–H groups in total. The zero-order valence-corrected chi connectivity index (χ0v) is 21.5. The molecule has 0 radical (unpaired) electrons. The van der Waals surface area contributed by atoms with Crippen LogP contribution in [0.1, 0.15) is 186 Å². The second-order valence-corrected chi connectivity index (χ2v) is 10.8. The zero-order valence-electron chi connectivity index (χ0n) is 21.5. The van der Waals surface area contributed by atoms with Crippen LogP contribution in [0.4, 0.5) is 0 Å². The van der Waals surface area contributed by atoms with Gasteiger partial charge in [-0.1, -0.05) is 173 Å². The Hall–Kier alpha value is -0.0400. The van der Waals surface area contributed by atoms with Crippen LogP contribution in [0, 0.1) is 0 Å². The van der Waals surface area contributed by atoms with Crippen molar-refractivity contribution in [3.05, 3.63) is 0 Å². The van der Waals surface area contributed by atoms with E-state index in [9.17, 15) is 5.11 Å². The van der Waals surface area contributed by atoms with Gasteiger partial charge >= 0.3 is 0 Å². The van der Waals surface area contributed by atoms with Gasteiger partial charge < -0.3 is 5.11 Å². The lowest BCUT2D eigenvalue weighted by molar-refractivity contribution is 0.147. The van der Waals surface area contributed by atoms with Crippen LogP contribution in [0.25, 0.3) is 0 Å². The van der Waals surface area contributed by atoms with E-state index in [1.54, 1.807) is 0 Å². The first-order chi connectivity index (χ1) is 15.4. The minimum atomic E-state index is -0.0275. The van der Waals surface area contributed by atoms with Crippen molar-refractivity contribution in [3.63, 3.8) is 0 Å². The number of hydrogen-bond acceptors (Lipinski definition) is 1. The Kier molecular flexibility index (Phi) is 23.0. The number of rotatable bonds is 0. The van der Waals surface area contributed by atoms with Gasteiger partial charge in [-0.2, -0.15) is 0 Å². The van der Waals surface area contributed by atoms with Crippen LogP contribution in [0.5, 0.6) is 0 Å². The summed E-state index contributed by atoms with van der Waals surface area (Å²) in [5, 5.41) is 10.2. The third-order valence-corrected chi connectivity index (χ3v) is 7.57. The standard InChI is InChI=1S/C30H60O/c31-30-28-26-24-22-20-18-16-14-12-10-8-6-4-2-1-3-5-7-9-11-13-15-17-19-21-23-25-27-29-30/h30-31H,1-29H2. The molecule has 0 saturated heterocycles. The molecule has 1 saturated carbocycles. The average Bonchev–Trinajstić information content (AvgIpc) is 2.77. The van der Waals surface area contributed by atoms with Crippen LogP contribution in [0.2, 0.25) is 0 Å². The Labute approximate surface area is 197 Å². The molecule has 0 unspecified atom stereocenters. The van der Waals surface area contributed by atoms with Gasteiger partial charge in [-0.15, -0.1) is 0 Å².